The molecule has 0 aliphatic carbocycles. The maximum Gasteiger partial charge on any atom is 0.191 e. The van der Waals surface area contributed by atoms with Crippen LogP contribution in [0.2, 0.25) is 0 Å². The number of guanidine groups is 1. The lowest BCUT2D eigenvalue weighted by Crippen LogP contribution is -2.37. The van der Waals surface area contributed by atoms with Crippen molar-refractivity contribution in [3.05, 3.63) is 29.3 Å². The highest BCUT2D eigenvalue weighted by Gasteiger charge is 2.13. The molecule has 0 spiro atoms. The number of aryl methyl sites for hydroxylation is 1. The van der Waals surface area contributed by atoms with E-state index in [1.807, 2.05) is 6.92 Å². The fourth-order valence-corrected chi connectivity index (χ4v) is 3.13. The lowest BCUT2D eigenvalue weighted by Gasteiger charge is -2.27. The smallest absolute Gasteiger partial charge is 0.191 e. The molecule has 1 aromatic carbocycles. The van der Waals surface area contributed by atoms with E-state index in [0.29, 0.717) is 6.54 Å². The van der Waals surface area contributed by atoms with Crippen molar-refractivity contribution in [2.45, 2.75) is 46.1 Å². The van der Waals surface area contributed by atoms with Crippen LogP contribution in [0.15, 0.2) is 23.2 Å². The van der Waals surface area contributed by atoms with Gasteiger partial charge in [-0.25, -0.2) is 4.99 Å². The van der Waals surface area contributed by atoms with Gasteiger partial charge in [-0.2, -0.15) is 0 Å². The van der Waals surface area contributed by atoms with Crippen molar-refractivity contribution >= 4 is 35.6 Å². The average molecular weight is 474 g/mol. The zero-order valence-electron chi connectivity index (χ0n) is 16.5. The fraction of sp³-hybridized carbons (Fsp3) is 0.650. The van der Waals surface area contributed by atoms with Crippen LogP contribution in [0.1, 0.15) is 44.2 Å². The third-order valence-electron chi connectivity index (χ3n) is 4.47. The number of ether oxygens (including phenoxy) is 1. The topological polar surface area (TPSA) is 48.9 Å². The molecular weight excluding hydrogens is 439 g/mol. The van der Waals surface area contributed by atoms with Crippen LogP contribution in [0.5, 0.6) is 0 Å². The highest BCUT2D eigenvalue weighted by Crippen LogP contribution is 2.26. The molecule has 0 radical (unpaired) electrons. The molecule has 0 atom stereocenters. The summed E-state index contributed by atoms with van der Waals surface area (Å²) in [6.07, 6.45) is 4.59. The highest BCUT2D eigenvalue weighted by atomic mass is 127. The lowest BCUT2D eigenvalue weighted by molar-refractivity contribution is 0.143. The standard InChI is InChI=1S/C20H34N4O.HI/c1-4-21-20(22-12-6-7-14-25-5-2)23-16-17-10-11-19-18(15-17)9-8-13-24(19)3;/h10-11,15H,4-9,12-14,16H2,1-3H3,(H2,21,22,23);1H. The summed E-state index contributed by atoms with van der Waals surface area (Å²) in [7, 11) is 2.18. The number of benzene rings is 1. The van der Waals surface area contributed by atoms with E-state index < -0.39 is 0 Å². The minimum Gasteiger partial charge on any atom is -0.382 e. The van der Waals surface area contributed by atoms with Gasteiger partial charge in [0, 0.05) is 45.6 Å². The summed E-state index contributed by atoms with van der Waals surface area (Å²) in [4.78, 5) is 7.08. The van der Waals surface area contributed by atoms with Crippen molar-refractivity contribution in [3.8, 4) is 0 Å². The predicted octanol–water partition coefficient (Wildman–Crippen LogP) is 3.56. The van der Waals surface area contributed by atoms with E-state index in [1.54, 1.807) is 0 Å². The Morgan fingerprint density at radius 2 is 2.08 bits per heavy atom. The van der Waals surface area contributed by atoms with Crippen molar-refractivity contribution in [1.82, 2.24) is 10.6 Å². The molecular formula is C20H35IN4O. The van der Waals surface area contributed by atoms with Crippen LogP contribution < -0.4 is 15.5 Å². The second-order valence-electron chi connectivity index (χ2n) is 6.51. The van der Waals surface area contributed by atoms with E-state index in [4.69, 9.17) is 9.73 Å². The number of hydrogen-bond acceptors (Lipinski definition) is 3. The number of anilines is 1. The second kappa shape index (κ2) is 13.2. The molecule has 1 aliphatic heterocycles. The first-order valence-corrected chi connectivity index (χ1v) is 9.67. The average Bonchev–Trinajstić information content (AvgIpc) is 2.62. The first-order valence-electron chi connectivity index (χ1n) is 9.67. The Hall–Kier alpha value is -1.02. The van der Waals surface area contributed by atoms with Gasteiger partial charge in [-0.05, 0) is 56.7 Å². The Morgan fingerprint density at radius 3 is 2.85 bits per heavy atom. The normalized spacial score (nSPS) is 13.8. The molecule has 0 saturated heterocycles. The van der Waals surface area contributed by atoms with Gasteiger partial charge in [0.15, 0.2) is 5.96 Å². The number of aliphatic imine (C=N–C) groups is 1. The Labute approximate surface area is 176 Å². The van der Waals surface area contributed by atoms with Crippen molar-refractivity contribution in [3.63, 3.8) is 0 Å². The SMILES string of the molecule is CCNC(=NCc1ccc2c(c1)CCCN2C)NCCCCOCC.I. The highest BCUT2D eigenvalue weighted by molar-refractivity contribution is 14.0. The molecule has 26 heavy (non-hydrogen) atoms. The molecule has 2 rings (SSSR count). The quantitative estimate of drug-likeness (QED) is 0.249. The van der Waals surface area contributed by atoms with Gasteiger partial charge in [0.05, 0.1) is 6.54 Å². The van der Waals surface area contributed by atoms with Crippen LogP contribution in [-0.4, -0.2) is 45.9 Å². The first kappa shape index (κ1) is 23.0. The zero-order valence-corrected chi connectivity index (χ0v) is 18.8. The van der Waals surface area contributed by atoms with Gasteiger partial charge < -0.3 is 20.3 Å². The molecule has 1 aromatic rings. The minimum absolute atomic E-state index is 0. The summed E-state index contributed by atoms with van der Waals surface area (Å²) in [6.45, 7) is 9.44. The van der Waals surface area contributed by atoms with E-state index >= 15 is 0 Å². The van der Waals surface area contributed by atoms with Crippen molar-refractivity contribution in [1.29, 1.82) is 0 Å². The Kier molecular flexibility index (Phi) is 11.7. The summed E-state index contributed by atoms with van der Waals surface area (Å²) in [5.74, 6) is 0.897. The molecule has 148 valence electrons. The van der Waals surface area contributed by atoms with Crippen LogP contribution in [0.25, 0.3) is 0 Å². The van der Waals surface area contributed by atoms with Crippen LogP contribution >= 0.6 is 24.0 Å². The van der Waals surface area contributed by atoms with E-state index in [1.165, 1.54) is 29.7 Å². The van der Waals surface area contributed by atoms with Crippen molar-refractivity contribution in [2.24, 2.45) is 4.99 Å². The zero-order chi connectivity index (χ0) is 17.9. The van der Waals surface area contributed by atoms with Gasteiger partial charge in [-0.15, -0.1) is 24.0 Å². The monoisotopic (exact) mass is 474 g/mol. The van der Waals surface area contributed by atoms with Crippen LogP contribution in [-0.2, 0) is 17.7 Å². The number of fused-ring (bicyclic) bond motifs is 1. The minimum atomic E-state index is 0. The van der Waals surface area contributed by atoms with Gasteiger partial charge in [0.1, 0.15) is 0 Å². The van der Waals surface area contributed by atoms with E-state index in [0.717, 1.165) is 51.6 Å². The van der Waals surface area contributed by atoms with E-state index in [-0.39, 0.29) is 24.0 Å². The maximum atomic E-state index is 5.37. The summed E-state index contributed by atoms with van der Waals surface area (Å²) >= 11 is 0. The molecule has 0 unspecified atom stereocenters. The summed E-state index contributed by atoms with van der Waals surface area (Å²) in [5.41, 5.74) is 4.11. The van der Waals surface area contributed by atoms with Gasteiger partial charge in [-0.3, -0.25) is 0 Å². The summed E-state index contributed by atoms with van der Waals surface area (Å²) in [6, 6.07) is 6.77. The van der Waals surface area contributed by atoms with Gasteiger partial charge in [0.2, 0.25) is 0 Å². The van der Waals surface area contributed by atoms with Crippen molar-refractivity contribution < 1.29 is 4.74 Å². The third kappa shape index (κ3) is 7.70. The number of nitrogens with one attached hydrogen (secondary N) is 2. The molecule has 0 fully saturated rings. The number of halogens is 1. The molecule has 1 aliphatic rings. The predicted molar refractivity (Wildman–Crippen MR) is 122 cm³/mol. The van der Waals surface area contributed by atoms with E-state index in [9.17, 15) is 0 Å². The molecule has 6 heteroatoms. The number of nitrogens with zero attached hydrogens (tertiary/aromatic N) is 2. The van der Waals surface area contributed by atoms with Crippen LogP contribution in [0.4, 0.5) is 5.69 Å². The number of rotatable bonds is 9. The lowest BCUT2D eigenvalue weighted by atomic mass is 10.00. The molecule has 2 N–H and O–H groups in total. The molecule has 0 aromatic heterocycles. The second-order valence-corrected chi connectivity index (χ2v) is 6.51. The molecule has 1 heterocycles. The molecule has 0 amide bonds. The first-order chi connectivity index (χ1) is 12.2. The Morgan fingerprint density at radius 1 is 1.23 bits per heavy atom. The Bertz CT molecular complexity index is 551. The van der Waals surface area contributed by atoms with Gasteiger partial charge in [0.25, 0.3) is 0 Å². The summed E-state index contributed by atoms with van der Waals surface area (Å²) < 4.78 is 5.37. The number of unbranched alkanes of at least 4 members (excludes halogenated alkanes) is 1. The van der Waals surface area contributed by atoms with Crippen molar-refractivity contribution in [2.75, 3.05) is 44.8 Å². The number of hydrogen-bond donors (Lipinski definition) is 2. The fourth-order valence-electron chi connectivity index (χ4n) is 3.13. The van der Waals surface area contributed by atoms with Gasteiger partial charge >= 0.3 is 0 Å². The van der Waals surface area contributed by atoms with Gasteiger partial charge in [-0.1, -0.05) is 12.1 Å². The van der Waals surface area contributed by atoms with E-state index in [2.05, 4.69) is 47.7 Å². The molecule has 0 bridgehead atoms. The molecule has 0 saturated carbocycles. The summed E-state index contributed by atoms with van der Waals surface area (Å²) in [5, 5.41) is 6.74. The largest absolute Gasteiger partial charge is 0.382 e. The van der Waals surface area contributed by atoms with Crippen LogP contribution in [0.3, 0.4) is 0 Å². The Balaban J connectivity index is 0.00000338. The molecule has 5 nitrogen and oxygen atoms in total. The third-order valence-corrected chi connectivity index (χ3v) is 4.47. The van der Waals surface area contributed by atoms with Crippen LogP contribution in [0, 0.1) is 0 Å². The maximum absolute atomic E-state index is 5.37.